The molecule has 7 heteroatoms. The normalized spacial score (nSPS) is 10.7. The molecule has 0 aliphatic heterocycles. The van der Waals surface area contributed by atoms with Crippen molar-refractivity contribution < 1.29 is 14.3 Å². The fourth-order valence-corrected chi connectivity index (χ4v) is 3.10. The molecule has 0 saturated heterocycles. The van der Waals surface area contributed by atoms with Gasteiger partial charge in [0.25, 0.3) is 0 Å². The highest BCUT2D eigenvalue weighted by atomic mass is 79.9. The van der Waals surface area contributed by atoms with E-state index in [4.69, 9.17) is 9.47 Å². The number of para-hydroxylation sites is 2. The summed E-state index contributed by atoms with van der Waals surface area (Å²) in [7, 11) is 3.12. The minimum atomic E-state index is -0.154. The second-order valence-electron chi connectivity index (χ2n) is 5.47. The van der Waals surface area contributed by atoms with E-state index in [0.29, 0.717) is 21.7 Å². The van der Waals surface area contributed by atoms with Crippen LogP contribution in [0.1, 0.15) is 5.82 Å². The van der Waals surface area contributed by atoms with Gasteiger partial charge < -0.3 is 19.4 Å². The molecule has 3 aromatic rings. The number of nitrogens with zero attached hydrogens (tertiary/aromatic N) is 2. The van der Waals surface area contributed by atoms with Crippen molar-refractivity contribution in [3.8, 4) is 11.5 Å². The van der Waals surface area contributed by atoms with Gasteiger partial charge in [-0.1, -0.05) is 12.1 Å². The van der Waals surface area contributed by atoms with Crippen molar-refractivity contribution >= 4 is 38.6 Å². The number of hydrogen-bond acceptors (Lipinski definition) is 4. The molecule has 1 heterocycles. The summed E-state index contributed by atoms with van der Waals surface area (Å²) in [6.07, 6.45) is 0. The first kappa shape index (κ1) is 17.3. The van der Waals surface area contributed by atoms with Crippen LogP contribution in [-0.4, -0.2) is 29.7 Å². The van der Waals surface area contributed by atoms with Gasteiger partial charge in [-0.25, -0.2) is 4.98 Å². The lowest BCUT2D eigenvalue weighted by Crippen LogP contribution is -2.19. The zero-order chi connectivity index (χ0) is 18.0. The quantitative estimate of drug-likeness (QED) is 0.703. The molecule has 0 aliphatic rings. The molecule has 2 aromatic carbocycles. The number of nitrogens with one attached hydrogen (secondary N) is 1. The van der Waals surface area contributed by atoms with Crippen LogP contribution < -0.4 is 14.8 Å². The number of carbonyl (C=O) groups is 1. The topological polar surface area (TPSA) is 65.4 Å². The van der Waals surface area contributed by atoms with Gasteiger partial charge in [0.1, 0.15) is 12.4 Å². The van der Waals surface area contributed by atoms with Crippen molar-refractivity contribution in [2.45, 2.75) is 13.5 Å². The monoisotopic (exact) mass is 403 g/mol. The number of halogens is 1. The van der Waals surface area contributed by atoms with Gasteiger partial charge in [0.05, 0.1) is 30.9 Å². The van der Waals surface area contributed by atoms with Crippen LogP contribution in [0, 0.1) is 6.92 Å². The SMILES string of the molecule is COc1cc(Br)c(NC(=O)Cn2c(C)nc3ccccc32)cc1OC. The summed E-state index contributed by atoms with van der Waals surface area (Å²) in [6, 6.07) is 11.2. The van der Waals surface area contributed by atoms with Crippen LogP contribution in [0.15, 0.2) is 40.9 Å². The smallest absolute Gasteiger partial charge is 0.244 e. The Kier molecular flexibility index (Phi) is 4.94. The summed E-state index contributed by atoms with van der Waals surface area (Å²) in [4.78, 5) is 17.0. The molecule has 130 valence electrons. The number of amides is 1. The van der Waals surface area contributed by atoms with Gasteiger partial charge in [-0.05, 0) is 35.0 Å². The van der Waals surface area contributed by atoms with E-state index in [9.17, 15) is 4.79 Å². The first-order chi connectivity index (χ1) is 12.0. The molecule has 6 nitrogen and oxygen atoms in total. The number of aryl methyl sites for hydroxylation is 1. The Morgan fingerprint density at radius 3 is 2.60 bits per heavy atom. The van der Waals surface area contributed by atoms with E-state index in [2.05, 4.69) is 26.2 Å². The fourth-order valence-electron chi connectivity index (χ4n) is 2.68. The molecule has 0 fully saturated rings. The van der Waals surface area contributed by atoms with Crippen LogP contribution >= 0.6 is 15.9 Å². The number of benzene rings is 2. The van der Waals surface area contributed by atoms with E-state index in [1.165, 1.54) is 0 Å². The lowest BCUT2D eigenvalue weighted by atomic mass is 10.2. The maximum absolute atomic E-state index is 12.5. The Morgan fingerprint density at radius 1 is 1.20 bits per heavy atom. The van der Waals surface area contributed by atoms with E-state index in [1.807, 2.05) is 35.8 Å². The molecule has 0 saturated carbocycles. The Morgan fingerprint density at radius 2 is 1.88 bits per heavy atom. The van der Waals surface area contributed by atoms with Gasteiger partial charge in [-0.3, -0.25) is 4.79 Å². The van der Waals surface area contributed by atoms with Crippen LogP contribution in [0.4, 0.5) is 5.69 Å². The van der Waals surface area contributed by atoms with Gasteiger partial charge in [-0.2, -0.15) is 0 Å². The van der Waals surface area contributed by atoms with Crippen molar-refractivity contribution in [2.24, 2.45) is 0 Å². The molecule has 0 spiro atoms. The van der Waals surface area contributed by atoms with Crippen LogP contribution in [0.2, 0.25) is 0 Å². The fraction of sp³-hybridized carbons (Fsp3) is 0.222. The van der Waals surface area contributed by atoms with E-state index in [1.54, 1.807) is 26.4 Å². The number of hydrogen-bond donors (Lipinski definition) is 1. The van der Waals surface area contributed by atoms with Crippen LogP contribution in [0.25, 0.3) is 11.0 Å². The second kappa shape index (κ2) is 7.14. The van der Waals surface area contributed by atoms with Gasteiger partial charge in [0.2, 0.25) is 5.91 Å². The minimum Gasteiger partial charge on any atom is -0.493 e. The second-order valence-corrected chi connectivity index (χ2v) is 6.32. The standard InChI is InChI=1S/C18H18BrN3O3/c1-11-20-13-6-4-5-7-15(13)22(11)10-18(23)21-14-9-17(25-3)16(24-2)8-12(14)19/h4-9H,10H2,1-3H3,(H,21,23). The van der Waals surface area contributed by atoms with Gasteiger partial charge in [-0.15, -0.1) is 0 Å². The van der Waals surface area contributed by atoms with Gasteiger partial charge >= 0.3 is 0 Å². The Bertz CT molecular complexity index is 937. The number of methoxy groups -OCH3 is 2. The average molecular weight is 404 g/mol. The largest absolute Gasteiger partial charge is 0.493 e. The highest BCUT2D eigenvalue weighted by Gasteiger charge is 2.14. The van der Waals surface area contributed by atoms with E-state index < -0.39 is 0 Å². The van der Waals surface area contributed by atoms with Crippen LogP contribution in [0.5, 0.6) is 11.5 Å². The maximum Gasteiger partial charge on any atom is 0.244 e. The first-order valence-electron chi connectivity index (χ1n) is 7.66. The van der Waals surface area contributed by atoms with Crippen molar-refractivity contribution in [3.63, 3.8) is 0 Å². The maximum atomic E-state index is 12.5. The molecule has 1 amide bonds. The number of ether oxygens (including phenoxy) is 2. The average Bonchev–Trinajstić information content (AvgIpc) is 2.92. The molecule has 0 atom stereocenters. The molecule has 25 heavy (non-hydrogen) atoms. The molecular formula is C18H18BrN3O3. The first-order valence-corrected chi connectivity index (χ1v) is 8.46. The third-order valence-electron chi connectivity index (χ3n) is 3.89. The van der Waals surface area contributed by atoms with Gasteiger partial charge in [0.15, 0.2) is 11.5 Å². The molecule has 1 N–H and O–H groups in total. The van der Waals surface area contributed by atoms with Crippen molar-refractivity contribution in [3.05, 3.63) is 46.7 Å². The Hall–Kier alpha value is -2.54. The number of aromatic nitrogens is 2. The summed E-state index contributed by atoms with van der Waals surface area (Å²) in [5.41, 5.74) is 2.42. The number of anilines is 1. The molecule has 0 unspecified atom stereocenters. The number of rotatable bonds is 5. The summed E-state index contributed by atoms with van der Waals surface area (Å²) >= 11 is 3.44. The zero-order valence-electron chi connectivity index (χ0n) is 14.2. The van der Waals surface area contributed by atoms with Crippen LogP contribution in [-0.2, 0) is 11.3 Å². The molecule has 3 rings (SSSR count). The van der Waals surface area contributed by atoms with E-state index >= 15 is 0 Å². The number of imidazole rings is 1. The molecular weight excluding hydrogens is 386 g/mol. The van der Waals surface area contributed by atoms with Gasteiger partial charge in [0, 0.05) is 16.6 Å². The van der Waals surface area contributed by atoms with E-state index in [0.717, 1.165) is 16.9 Å². The van der Waals surface area contributed by atoms with Crippen molar-refractivity contribution in [2.75, 3.05) is 19.5 Å². The number of carbonyl (C=O) groups excluding carboxylic acids is 1. The Labute approximate surface area is 153 Å². The molecule has 1 aromatic heterocycles. The molecule has 0 aliphatic carbocycles. The lowest BCUT2D eigenvalue weighted by molar-refractivity contribution is -0.116. The summed E-state index contributed by atoms with van der Waals surface area (Å²) < 4.78 is 13.1. The highest BCUT2D eigenvalue weighted by molar-refractivity contribution is 9.10. The summed E-state index contributed by atoms with van der Waals surface area (Å²) in [5.74, 6) is 1.77. The third-order valence-corrected chi connectivity index (χ3v) is 4.55. The predicted octanol–water partition coefficient (Wildman–Crippen LogP) is 3.76. The number of fused-ring (bicyclic) bond motifs is 1. The third kappa shape index (κ3) is 3.46. The van der Waals surface area contributed by atoms with E-state index in [-0.39, 0.29) is 12.5 Å². The minimum absolute atomic E-state index is 0.154. The predicted molar refractivity (Wildman–Crippen MR) is 100 cm³/mol. The zero-order valence-corrected chi connectivity index (χ0v) is 15.8. The van der Waals surface area contributed by atoms with Crippen molar-refractivity contribution in [1.29, 1.82) is 0 Å². The molecule has 0 bridgehead atoms. The summed E-state index contributed by atoms with van der Waals surface area (Å²) in [5, 5.41) is 2.90. The molecule has 0 radical (unpaired) electrons. The van der Waals surface area contributed by atoms with Crippen LogP contribution in [0.3, 0.4) is 0 Å². The van der Waals surface area contributed by atoms with Crippen molar-refractivity contribution in [1.82, 2.24) is 9.55 Å². The Balaban J connectivity index is 1.84. The highest BCUT2D eigenvalue weighted by Crippen LogP contribution is 2.36. The lowest BCUT2D eigenvalue weighted by Gasteiger charge is -2.13. The summed E-state index contributed by atoms with van der Waals surface area (Å²) in [6.45, 7) is 2.06.